The van der Waals surface area contributed by atoms with Crippen molar-refractivity contribution in [3.63, 3.8) is 0 Å². The van der Waals surface area contributed by atoms with Gasteiger partial charge in [-0.1, -0.05) is 6.07 Å². The predicted octanol–water partition coefficient (Wildman–Crippen LogP) is -0.109. The minimum Gasteiger partial charge on any atom is -0.476 e. The van der Waals surface area contributed by atoms with Gasteiger partial charge in [0.2, 0.25) is 5.88 Å². The fourth-order valence-electron chi connectivity index (χ4n) is 1.74. The molecule has 0 radical (unpaired) electrons. The van der Waals surface area contributed by atoms with E-state index in [0.717, 1.165) is 32.8 Å². The van der Waals surface area contributed by atoms with Gasteiger partial charge >= 0.3 is 0 Å². The maximum Gasteiger partial charge on any atom is 0.267 e. The Morgan fingerprint density at radius 1 is 1.44 bits per heavy atom. The van der Waals surface area contributed by atoms with Crippen molar-refractivity contribution >= 4 is 5.91 Å². The van der Waals surface area contributed by atoms with Gasteiger partial charge in [-0.2, -0.15) is 0 Å². The average molecular weight is 251 g/mol. The highest BCUT2D eigenvalue weighted by Crippen LogP contribution is 2.07. The number of pyridine rings is 1. The van der Waals surface area contributed by atoms with Crippen molar-refractivity contribution in [1.82, 2.24) is 9.88 Å². The average Bonchev–Trinajstić information content (AvgIpc) is 2.40. The zero-order valence-electron chi connectivity index (χ0n) is 10.2. The molecule has 0 aliphatic carbocycles. The molecule has 6 nitrogen and oxygen atoms in total. The maximum absolute atomic E-state index is 11.0. The summed E-state index contributed by atoms with van der Waals surface area (Å²) in [6.07, 6.45) is 0. The van der Waals surface area contributed by atoms with E-state index in [1.165, 1.54) is 0 Å². The summed E-state index contributed by atoms with van der Waals surface area (Å²) in [5, 5.41) is 0. The number of morpholine rings is 1. The lowest BCUT2D eigenvalue weighted by Gasteiger charge is -2.26. The van der Waals surface area contributed by atoms with Gasteiger partial charge in [-0.05, 0) is 6.07 Å². The van der Waals surface area contributed by atoms with E-state index in [1.807, 2.05) is 0 Å². The summed E-state index contributed by atoms with van der Waals surface area (Å²) in [4.78, 5) is 17.2. The van der Waals surface area contributed by atoms with Gasteiger partial charge in [0.05, 0.1) is 13.2 Å². The van der Waals surface area contributed by atoms with Gasteiger partial charge in [0, 0.05) is 25.7 Å². The molecule has 2 rings (SSSR count). The predicted molar refractivity (Wildman–Crippen MR) is 65.5 cm³/mol. The van der Waals surface area contributed by atoms with Crippen molar-refractivity contribution in [3.05, 3.63) is 23.9 Å². The summed E-state index contributed by atoms with van der Waals surface area (Å²) in [5.41, 5.74) is 5.37. The molecular weight excluding hydrogens is 234 g/mol. The van der Waals surface area contributed by atoms with Gasteiger partial charge in [-0.15, -0.1) is 0 Å². The van der Waals surface area contributed by atoms with Gasteiger partial charge in [-0.25, -0.2) is 4.98 Å². The fraction of sp³-hybridized carbons (Fsp3) is 0.500. The van der Waals surface area contributed by atoms with Crippen molar-refractivity contribution in [2.75, 3.05) is 39.5 Å². The third kappa shape index (κ3) is 3.68. The molecule has 0 unspecified atom stereocenters. The number of hydrogen-bond acceptors (Lipinski definition) is 5. The molecule has 2 N–H and O–H groups in total. The quantitative estimate of drug-likeness (QED) is 0.790. The van der Waals surface area contributed by atoms with Crippen LogP contribution in [0.4, 0.5) is 0 Å². The van der Waals surface area contributed by atoms with E-state index >= 15 is 0 Å². The maximum atomic E-state index is 11.0. The standard InChI is InChI=1S/C12H17N3O3/c13-12(16)10-2-1-3-11(14-10)18-9-6-15-4-7-17-8-5-15/h1-3H,4-9H2,(H2,13,16). The highest BCUT2D eigenvalue weighted by molar-refractivity contribution is 5.90. The molecule has 0 saturated carbocycles. The number of ether oxygens (including phenoxy) is 2. The Morgan fingerprint density at radius 2 is 2.22 bits per heavy atom. The Bertz CT molecular complexity index is 405. The number of carbonyl (C=O) groups excluding carboxylic acids is 1. The van der Waals surface area contributed by atoms with Crippen LogP contribution in [0.5, 0.6) is 5.88 Å². The number of hydrogen-bond donors (Lipinski definition) is 1. The molecule has 2 heterocycles. The van der Waals surface area contributed by atoms with Gasteiger partial charge in [0.25, 0.3) is 5.91 Å². The Labute approximate surface area is 106 Å². The zero-order valence-corrected chi connectivity index (χ0v) is 10.2. The van der Waals surface area contributed by atoms with Crippen molar-refractivity contribution in [1.29, 1.82) is 0 Å². The lowest BCUT2D eigenvalue weighted by Crippen LogP contribution is -2.38. The first-order valence-corrected chi connectivity index (χ1v) is 5.95. The highest BCUT2D eigenvalue weighted by atomic mass is 16.5. The van der Waals surface area contributed by atoms with Crippen LogP contribution < -0.4 is 10.5 Å². The van der Waals surface area contributed by atoms with E-state index < -0.39 is 5.91 Å². The van der Waals surface area contributed by atoms with E-state index in [9.17, 15) is 4.79 Å². The Morgan fingerprint density at radius 3 is 2.94 bits per heavy atom. The van der Waals surface area contributed by atoms with Gasteiger partial charge in [0.1, 0.15) is 12.3 Å². The van der Waals surface area contributed by atoms with Crippen LogP contribution >= 0.6 is 0 Å². The molecule has 1 amide bonds. The lowest BCUT2D eigenvalue weighted by atomic mass is 10.3. The third-order valence-electron chi connectivity index (χ3n) is 2.74. The molecule has 6 heteroatoms. The van der Waals surface area contributed by atoms with Crippen LogP contribution in [-0.4, -0.2) is 55.2 Å². The third-order valence-corrected chi connectivity index (χ3v) is 2.74. The van der Waals surface area contributed by atoms with Gasteiger partial charge in [-0.3, -0.25) is 9.69 Å². The van der Waals surface area contributed by atoms with Gasteiger partial charge < -0.3 is 15.2 Å². The topological polar surface area (TPSA) is 77.7 Å². The minimum atomic E-state index is -0.548. The second-order valence-electron chi connectivity index (χ2n) is 4.03. The van der Waals surface area contributed by atoms with Crippen LogP contribution in [0.15, 0.2) is 18.2 Å². The van der Waals surface area contributed by atoms with Crippen LogP contribution in [0.3, 0.4) is 0 Å². The number of nitrogens with zero attached hydrogens (tertiary/aromatic N) is 2. The van der Waals surface area contributed by atoms with Crippen LogP contribution in [0.25, 0.3) is 0 Å². The van der Waals surface area contributed by atoms with Crippen LogP contribution in [0, 0.1) is 0 Å². The molecule has 98 valence electrons. The summed E-state index contributed by atoms with van der Waals surface area (Å²) in [7, 11) is 0. The summed E-state index contributed by atoms with van der Waals surface area (Å²) in [6.45, 7) is 4.77. The normalized spacial score (nSPS) is 16.4. The first-order chi connectivity index (χ1) is 8.75. The summed E-state index contributed by atoms with van der Waals surface area (Å²) >= 11 is 0. The van der Waals surface area contributed by atoms with Crippen molar-refractivity contribution < 1.29 is 14.3 Å². The van der Waals surface area contributed by atoms with E-state index in [-0.39, 0.29) is 5.69 Å². The molecule has 1 aromatic rings. The number of carbonyl (C=O) groups is 1. The Kier molecular flexibility index (Phi) is 4.49. The number of rotatable bonds is 5. The minimum absolute atomic E-state index is 0.221. The van der Waals surface area contributed by atoms with Gasteiger partial charge in [0.15, 0.2) is 0 Å². The van der Waals surface area contributed by atoms with Crippen LogP contribution in [-0.2, 0) is 4.74 Å². The number of aromatic nitrogens is 1. The van der Waals surface area contributed by atoms with Crippen molar-refractivity contribution in [2.24, 2.45) is 5.73 Å². The molecule has 18 heavy (non-hydrogen) atoms. The molecule has 1 aliphatic heterocycles. The molecule has 0 spiro atoms. The first kappa shape index (κ1) is 12.8. The first-order valence-electron chi connectivity index (χ1n) is 5.95. The molecule has 1 aliphatic rings. The smallest absolute Gasteiger partial charge is 0.267 e. The SMILES string of the molecule is NC(=O)c1cccc(OCCN2CCOCC2)n1. The van der Waals surface area contributed by atoms with Crippen molar-refractivity contribution in [3.8, 4) is 5.88 Å². The zero-order chi connectivity index (χ0) is 12.8. The molecule has 1 fully saturated rings. The molecule has 1 saturated heterocycles. The highest BCUT2D eigenvalue weighted by Gasteiger charge is 2.10. The summed E-state index contributed by atoms with van der Waals surface area (Å²) in [5.74, 6) is -0.117. The van der Waals surface area contributed by atoms with Crippen LogP contribution in [0.2, 0.25) is 0 Å². The molecule has 0 aromatic carbocycles. The summed E-state index contributed by atoms with van der Waals surface area (Å²) in [6, 6.07) is 4.99. The second kappa shape index (κ2) is 6.32. The van der Waals surface area contributed by atoms with E-state index in [0.29, 0.717) is 12.5 Å². The Balaban J connectivity index is 1.78. The molecular formula is C12H17N3O3. The number of amides is 1. The molecule has 1 aromatic heterocycles. The second-order valence-corrected chi connectivity index (χ2v) is 4.03. The molecule has 0 atom stereocenters. The lowest BCUT2D eigenvalue weighted by molar-refractivity contribution is 0.0320. The number of primary amides is 1. The van der Waals surface area contributed by atoms with E-state index in [4.69, 9.17) is 15.2 Å². The van der Waals surface area contributed by atoms with Crippen LogP contribution in [0.1, 0.15) is 10.5 Å². The number of nitrogens with two attached hydrogens (primary N) is 1. The van der Waals surface area contributed by atoms with E-state index in [2.05, 4.69) is 9.88 Å². The van der Waals surface area contributed by atoms with Crippen molar-refractivity contribution in [2.45, 2.75) is 0 Å². The Hall–Kier alpha value is -1.66. The largest absolute Gasteiger partial charge is 0.476 e. The molecule has 0 bridgehead atoms. The fourth-order valence-corrected chi connectivity index (χ4v) is 1.74. The van der Waals surface area contributed by atoms with E-state index in [1.54, 1.807) is 18.2 Å². The summed E-state index contributed by atoms with van der Waals surface area (Å²) < 4.78 is 10.8. The monoisotopic (exact) mass is 251 g/mol.